The lowest BCUT2D eigenvalue weighted by Crippen LogP contribution is -2.48. The number of amides is 1. The highest BCUT2D eigenvalue weighted by molar-refractivity contribution is 7.99. The normalized spacial score (nSPS) is 22.9. The molecule has 0 N–H and O–H groups in total. The zero-order valence-electron chi connectivity index (χ0n) is 12.1. The average Bonchev–Trinajstić information content (AvgIpc) is 2.41. The van der Waals surface area contributed by atoms with Crippen molar-refractivity contribution in [2.75, 3.05) is 5.75 Å². The summed E-state index contributed by atoms with van der Waals surface area (Å²) in [4.78, 5) is 14.4. The monoisotopic (exact) mass is 311 g/mol. The van der Waals surface area contributed by atoms with E-state index in [1.807, 2.05) is 24.3 Å². The molecule has 0 radical (unpaired) electrons. The number of thioether (sulfide) groups is 1. The predicted octanol–water partition coefficient (Wildman–Crippen LogP) is 4.36. The van der Waals surface area contributed by atoms with Crippen LogP contribution in [0.15, 0.2) is 24.3 Å². The minimum atomic E-state index is 0.281. The first-order valence-electron chi connectivity index (χ1n) is 7.21. The highest BCUT2D eigenvalue weighted by atomic mass is 35.5. The first kappa shape index (κ1) is 15.7. The van der Waals surface area contributed by atoms with E-state index >= 15 is 0 Å². The van der Waals surface area contributed by atoms with Crippen molar-refractivity contribution < 1.29 is 4.79 Å². The molecule has 1 aliphatic rings. The Labute approximate surface area is 130 Å². The van der Waals surface area contributed by atoms with Crippen LogP contribution in [-0.4, -0.2) is 28.6 Å². The van der Waals surface area contributed by atoms with Crippen LogP contribution in [0.4, 0.5) is 0 Å². The molecule has 20 heavy (non-hydrogen) atoms. The molecule has 1 heterocycles. The fraction of sp³-hybridized carbons (Fsp3) is 0.562. The molecule has 2 rings (SSSR count). The van der Waals surface area contributed by atoms with Gasteiger partial charge in [-0.15, -0.1) is 11.8 Å². The molecule has 1 saturated heterocycles. The molecule has 1 aromatic carbocycles. The Hall–Kier alpha value is -0.670. The Balaban J connectivity index is 1.81. The largest absolute Gasteiger partial charge is 0.337 e. The molecule has 0 aliphatic carbocycles. The summed E-state index contributed by atoms with van der Waals surface area (Å²) in [5.74, 6) is 1.71. The minimum Gasteiger partial charge on any atom is -0.337 e. The summed E-state index contributed by atoms with van der Waals surface area (Å²) in [7, 11) is 0. The molecule has 110 valence electrons. The highest BCUT2D eigenvalue weighted by Crippen LogP contribution is 2.24. The van der Waals surface area contributed by atoms with Crippen LogP contribution in [0.5, 0.6) is 0 Å². The maximum Gasteiger partial charge on any atom is 0.233 e. The van der Waals surface area contributed by atoms with Gasteiger partial charge in [-0.2, -0.15) is 0 Å². The summed E-state index contributed by atoms with van der Waals surface area (Å²) in [6, 6.07) is 8.62. The first-order valence-corrected chi connectivity index (χ1v) is 8.74. The summed E-state index contributed by atoms with van der Waals surface area (Å²) in [6.45, 7) is 4.33. The van der Waals surface area contributed by atoms with E-state index in [-0.39, 0.29) is 5.91 Å². The number of nitrogens with zero attached hydrogens (tertiary/aromatic N) is 1. The number of carbonyl (C=O) groups excluding carboxylic acids is 1. The average molecular weight is 312 g/mol. The predicted molar refractivity (Wildman–Crippen MR) is 87.2 cm³/mol. The number of likely N-dealkylation sites (tertiary alicyclic amines) is 1. The summed E-state index contributed by atoms with van der Waals surface area (Å²) < 4.78 is 0. The smallest absolute Gasteiger partial charge is 0.233 e. The van der Waals surface area contributed by atoms with Gasteiger partial charge in [0.25, 0.3) is 0 Å². The van der Waals surface area contributed by atoms with E-state index in [1.165, 1.54) is 12.0 Å². The van der Waals surface area contributed by atoms with Gasteiger partial charge in [0, 0.05) is 22.9 Å². The molecular formula is C16H22ClNOS. The number of piperidine rings is 1. The van der Waals surface area contributed by atoms with E-state index in [2.05, 4.69) is 18.7 Å². The van der Waals surface area contributed by atoms with Gasteiger partial charge in [-0.25, -0.2) is 0 Å². The van der Waals surface area contributed by atoms with Gasteiger partial charge in [-0.3, -0.25) is 4.79 Å². The van der Waals surface area contributed by atoms with Crippen LogP contribution in [-0.2, 0) is 10.5 Å². The molecule has 2 nitrogen and oxygen atoms in total. The molecule has 0 unspecified atom stereocenters. The second kappa shape index (κ2) is 7.37. The van der Waals surface area contributed by atoms with Gasteiger partial charge in [-0.1, -0.05) is 23.7 Å². The van der Waals surface area contributed by atoms with Crippen LogP contribution >= 0.6 is 23.4 Å². The van der Waals surface area contributed by atoms with Crippen molar-refractivity contribution in [1.29, 1.82) is 0 Å². The van der Waals surface area contributed by atoms with E-state index in [9.17, 15) is 4.79 Å². The molecule has 1 aromatic rings. The number of hydrogen-bond donors (Lipinski definition) is 0. The number of carbonyl (C=O) groups is 1. The van der Waals surface area contributed by atoms with Gasteiger partial charge in [0.05, 0.1) is 5.75 Å². The third-order valence-corrected chi connectivity index (χ3v) is 5.13. The van der Waals surface area contributed by atoms with E-state index < -0.39 is 0 Å². The van der Waals surface area contributed by atoms with Crippen LogP contribution in [0.25, 0.3) is 0 Å². The zero-order valence-corrected chi connectivity index (χ0v) is 13.7. The topological polar surface area (TPSA) is 20.3 Å². The van der Waals surface area contributed by atoms with Crippen LogP contribution in [0, 0.1) is 0 Å². The third-order valence-electron chi connectivity index (χ3n) is 3.89. The third kappa shape index (κ3) is 4.16. The van der Waals surface area contributed by atoms with Crippen molar-refractivity contribution in [3.63, 3.8) is 0 Å². The zero-order chi connectivity index (χ0) is 14.5. The second-order valence-electron chi connectivity index (χ2n) is 5.55. The van der Waals surface area contributed by atoms with Gasteiger partial charge in [0.1, 0.15) is 0 Å². The standard InChI is InChI=1S/C16H22ClNOS/c1-12-4-3-5-13(2)18(12)16(19)11-20-10-14-6-8-15(17)9-7-14/h6-9,12-13H,3-5,10-11H2,1-2H3/t12-,13+. The lowest BCUT2D eigenvalue weighted by Gasteiger charge is -2.39. The van der Waals surface area contributed by atoms with E-state index in [0.29, 0.717) is 17.8 Å². The Bertz CT molecular complexity index is 438. The SMILES string of the molecule is C[C@@H]1CCC[C@H](C)N1C(=O)CSCc1ccc(Cl)cc1. The first-order chi connectivity index (χ1) is 9.58. The molecule has 0 bridgehead atoms. The van der Waals surface area contributed by atoms with Crippen LogP contribution in [0.2, 0.25) is 5.02 Å². The quantitative estimate of drug-likeness (QED) is 0.823. The summed E-state index contributed by atoms with van der Waals surface area (Å²) >= 11 is 7.55. The van der Waals surface area contributed by atoms with Gasteiger partial charge < -0.3 is 4.90 Å². The van der Waals surface area contributed by atoms with Crippen LogP contribution in [0.3, 0.4) is 0 Å². The summed E-state index contributed by atoms with van der Waals surface area (Å²) in [5.41, 5.74) is 1.21. The molecule has 0 saturated carbocycles. The number of rotatable bonds is 4. The Kier molecular flexibility index (Phi) is 5.79. The molecule has 4 heteroatoms. The number of benzene rings is 1. The van der Waals surface area contributed by atoms with Crippen molar-refractivity contribution in [3.8, 4) is 0 Å². The maximum atomic E-state index is 12.3. The number of hydrogen-bond acceptors (Lipinski definition) is 2. The molecular weight excluding hydrogens is 290 g/mol. The van der Waals surface area contributed by atoms with Gasteiger partial charge in [0.2, 0.25) is 5.91 Å². The Morgan fingerprint density at radius 3 is 2.45 bits per heavy atom. The molecule has 0 spiro atoms. The van der Waals surface area contributed by atoms with Crippen molar-refractivity contribution in [2.45, 2.75) is 50.9 Å². The summed E-state index contributed by atoms with van der Waals surface area (Å²) in [6.07, 6.45) is 3.51. The fourth-order valence-corrected chi connectivity index (χ4v) is 3.80. The maximum absolute atomic E-state index is 12.3. The van der Waals surface area contributed by atoms with Crippen molar-refractivity contribution >= 4 is 29.3 Å². The minimum absolute atomic E-state index is 0.281. The molecule has 1 amide bonds. The van der Waals surface area contributed by atoms with E-state index in [0.717, 1.165) is 23.6 Å². The number of halogens is 1. The van der Waals surface area contributed by atoms with E-state index in [1.54, 1.807) is 11.8 Å². The van der Waals surface area contributed by atoms with Crippen molar-refractivity contribution in [2.24, 2.45) is 0 Å². The van der Waals surface area contributed by atoms with Crippen molar-refractivity contribution in [3.05, 3.63) is 34.9 Å². The van der Waals surface area contributed by atoms with Gasteiger partial charge >= 0.3 is 0 Å². The van der Waals surface area contributed by atoms with Gasteiger partial charge in [-0.05, 0) is 50.8 Å². The lowest BCUT2D eigenvalue weighted by molar-refractivity contribution is -0.134. The Morgan fingerprint density at radius 1 is 1.25 bits per heavy atom. The highest BCUT2D eigenvalue weighted by Gasteiger charge is 2.28. The molecule has 1 fully saturated rings. The Morgan fingerprint density at radius 2 is 1.85 bits per heavy atom. The van der Waals surface area contributed by atoms with E-state index in [4.69, 9.17) is 11.6 Å². The van der Waals surface area contributed by atoms with Crippen LogP contribution in [0.1, 0.15) is 38.7 Å². The van der Waals surface area contributed by atoms with Crippen LogP contribution < -0.4 is 0 Å². The summed E-state index contributed by atoms with van der Waals surface area (Å²) in [5, 5.41) is 0.755. The molecule has 1 aliphatic heterocycles. The molecule has 2 atom stereocenters. The molecule has 0 aromatic heterocycles. The van der Waals surface area contributed by atoms with Gasteiger partial charge in [0.15, 0.2) is 0 Å². The lowest BCUT2D eigenvalue weighted by atomic mass is 9.98. The second-order valence-corrected chi connectivity index (χ2v) is 6.97. The van der Waals surface area contributed by atoms with Crippen molar-refractivity contribution in [1.82, 2.24) is 4.90 Å². The fourth-order valence-electron chi connectivity index (χ4n) is 2.82.